The topological polar surface area (TPSA) is 57.7 Å². The van der Waals surface area contributed by atoms with Crippen molar-refractivity contribution >= 4 is 11.6 Å². The first-order valence-corrected chi connectivity index (χ1v) is 7.48. The van der Waals surface area contributed by atoms with Gasteiger partial charge >= 0.3 is 0 Å². The summed E-state index contributed by atoms with van der Waals surface area (Å²) in [7, 11) is 3.50. The van der Waals surface area contributed by atoms with Crippen molar-refractivity contribution in [1.29, 1.82) is 0 Å². The van der Waals surface area contributed by atoms with Crippen LogP contribution in [0.5, 0.6) is 0 Å². The first kappa shape index (κ1) is 17.3. The van der Waals surface area contributed by atoms with Gasteiger partial charge in [0, 0.05) is 39.0 Å². The van der Waals surface area contributed by atoms with E-state index in [-0.39, 0.29) is 0 Å². The van der Waals surface area contributed by atoms with Gasteiger partial charge in [0.05, 0.1) is 6.61 Å². The molecule has 1 unspecified atom stereocenters. The molecule has 5 heteroatoms. The Morgan fingerprint density at radius 2 is 2.00 bits per heavy atom. The summed E-state index contributed by atoms with van der Waals surface area (Å²) >= 11 is 0. The molecule has 0 aliphatic heterocycles. The molecule has 0 bridgehead atoms. The van der Waals surface area contributed by atoms with Gasteiger partial charge in [0.2, 0.25) is 0 Å². The van der Waals surface area contributed by atoms with Crippen molar-refractivity contribution in [3.63, 3.8) is 0 Å². The summed E-state index contributed by atoms with van der Waals surface area (Å²) < 4.78 is 5.01. The van der Waals surface area contributed by atoms with E-state index >= 15 is 0 Å². The fourth-order valence-corrected chi connectivity index (χ4v) is 1.75. The second-order valence-electron chi connectivity index (χ2n) is 5.00. The van der Waals surface area contributed by atoms with E-state index in [1.807, 2.05) is 0 Å². The van der Waals surface area contributed by atoms with Crippen LogP contribution in [0.3, 0.4) is 0 Å². The summed E-state index contributed by atoms with van der Waals surface area (Å²) in [4.78, 5) is 4.23. The van der Waals surface area contributed by atoms with Crippen molar-refractivity contribution in [3.05, 3.63) is 29.8 Å². The molecule has 21 heavy (non-hydrogen) atoms. The van der Waals surface area contributed by atoms with E-state index in [1.54, 1.807) is 14.2 Å². The maximum atomic E-state index is 5.01. The molecule has 0 amide bonds. The summed E-state index contributed by atoms with van der Waals surface area (Å²) in [5.74, 6) is 0.839. The lowest BCUT2D eigenvalue weighted by Gasteiger charge is -2.16. The summed E-state index contributed by atoms with van der Waals surface area (Å²) in [6.45, 7) is 6.59. The Bertz CT molecular complexity index is 417. The zero-order chi connectivity index (χ0) is 15.5. The molecular weight excluding hydrogens is 264 g/mol. The van der Waals surface area contributed by atoms with E-state index < -0.39 is 0 Å². The molecule has 0 heterocycles. The largest absolute Gasteiger partial charge is 0.383 e. The van der Waals surface area contributed by atoms with Crippen molar-refractivity contribution in [1.82, 2.24) is 10.6 Å². The molecule has 1 aromatic rings. The van der Waals surface area contributed by atoms with E-state index in [0.717, 1.165) is 31.2 Å². The van der Waals surface area contributed by atoms with Gasteiger partial charge in [-0.25, -0.2) is 0 Å². The van der Waals surface area contributed by atoms with Gasteiger partial charge in [-0.1, -0.05) is 19.1 Å². The molecule has 118 valence electrons. The van der Waals surface area contributed by atoms with Gasteiger partial charge in [0.1, 0.15) is 0 Å². The molecule has 0 saturated heterocycles. The Hall–Kier alpha value is -1.75. The monoisotopic (exact) mass is 292 g/mol. The fourth-order valence-electron chi connectivity index (χ4n) is 1.75. The van der Waals surface area contributed by atoms with Gasteiger partial charge < -0.3 is 20.7 Å². The number of ether oxygens (including phenoxy) is 1. The van der Waals surface area contributed by atoms with Crippen LogP contribution in [0.2, 0.25) is 0 Å². The predicted molar refractivity (Wildman–Crippen MR) is 89.9 cm³/mol. The molecule has 1 atom stereocenters. The highest BCUT2D eigenvalue weighted by atomic mass is 16.5. The van der Waals surface area contributed by atoms with Crippen LogP contribution < -0.4 is 16.0 Å². The molecule has 0 saturated carbocycles. The van der Waals surface area contributed by atoms with Crippen molar-refractivity contribution in [3.8, 4) is 0 Å². The second-order valence-corrected chi connectivity index (χ2v) is 5.00. The lowest BCUT2D eigenvalue weighted by atomic mass is 10.2. The third kappa shape index (κ3) is 6.99. The zero-order valence-corrected chi connectivity index (χ0v) is 13.6. The molecular formula is C16H28N4O. The minimum atomic E-state index is 0.420. The number of hydrogen-bond donors (Lipinski definition) is 3. The molecule has 0 fully saturated rings. The smallest absolute Gasteiger partial charge is 0.191 e. The normalized spacial score (nSPS) is 12.9. The zero-order valence-electron chi connectivity index (χ0n) is 13.6. The standard InChI is InChI=1S/C16H28N4O/c1-5-13(2)20-16(17-3)19-12-14-6-8-15(9-7-14)18-10-11-21-4/h6-9,13,18H,5,10-12H2,1-4H3,(H2,17,19,20). The van der Waals surface area contributed by atoms with Crippen LogP contribution >= 0.6 is 0 Å². The van der Waals surface area contributed by atoms with Crippen LogP contribution in [0.4, 0.5) is 5.69 Å². The lowest BCUT2D eigenvalue weighted by molar-refractivity contribution is 0.211. The van der Waals surface area contributed by atoms with E-state index in [0.29, 0.717) is 12.6 Å². The van der Waals surface area contributed by atoms with E-state index in [2.05, 4.69) is 59.1 Å². The summed E-state index contributed by atoms with van der Waals surface area (Å²) in [5, 5.41) is 9.97. The summed E-state index contributed by atoms with van der Waals surface area (Å²) in [6.07, 6.45) is 1.07. The number of anilines is 1. The molecule has 1 rings (SSSR count). The third-order valence-corrected chi connectivity index (χ3v) is 3.27. The van der Waals surface area contributed by atoms with Gasteiger partial charge in [0.25, 0.3) is 0 Å². The lowest BCUT2D eigenvalue weighted by Crippen LogP contribution is -2.41. The summed E-state index contributed by atoms with van der Waals surface area (Å²) in [6, 6.07) is 8.80. The predicted octanol–water partition coefficient (Wildman–Crippen LogP) is 2.21. The quantitative estimate of drug-likeness (QED) is 0.391. The molecule has 5 nitrogen and oxygen atoms in total. The minimum absolute atomic E-state index is 0.420. The number of nitrogens with zero attached hydrogens (tertiary/aromatic N) is 1. The Morgan fingerprint density at radius 1 is 1.29 bits per heavy atom. The number of guanidine groups is 1. The minimum Gasteiger partial charge on any atom is -0.383 e. The molecule has 0 radical (unpaired) electrons. The number of hydrogen-bond acceptors (Lipinski definition) is 3. The first-order valence-electron chi connectivity index (χ1n) is 7.48. The Balaban J connectivity index is 2.41. The van der Waals surface area contributed by atoms with Crippen LogP contribution in [-0.2, 0) is 11.3 Å². The molecule has 0 aromatic heterocycles. The van der Waals surface area contributed by atoms with Crippen molar-refractivity contribution < 1.29 is 4.74 Å². The van der Waals surface area contributed by atoms with E-state index in [9.17, 15) is 0 Å². The van der Waals surface area contributed by atoms with Crippen LogP contribution in [0, 0.1) is 0 Å². The van der Waals surface area contributed by atoms with Gasteiger partial charge in [-0.2, -0.15) is 0 Å². The molecule has 0 aliphatic rings. The molecule has 0 spiro atoms. The Labute approximate surface area is 128 Å². The first-order chi connectivity index (χ1) is 10.2. The number of methoxy groups -OCH3 is 1. The van der Waals surface area contributed by atoms with Crippen LogP contribution in [0.25, 0.3) is 0 Å². The number of benzene rings is 1. The highest BCUT2D eigenvalue weighted by Gasteiger charge is 2.02. The maximum Gasteiger partial charge on any atom is 0.191 e. The number of nitrogens with one attached hydrogen (secondary N) is 3. The molecule has 1 aromatic carbocycles. The van der Waals surface area contributed by atoms with Crippen molar-refractivity contribution in [2.75, 3.05) is 32.6 Å². The summed E-state index contributed by atoms with van der Waals surface area (Å²) in [5.41, 5.74) is 2.33. The van der Waals surface area contributed by atoms with Crippen LogP contribution in [-0.4, -0.2) is 39.3 Å². The SMILES string of the molecule is CCC(C)NC(=NC)NCc1ccc(NCCOC)cc1. The van der Waals surface area contributed by atoms with Gasteiger partial charge in [-0.3, -0.25) is 4.99 Å². The van der Waals surface area contributed by atoms with Gasteiger partial charge in [0.15, 0.2) is 5.96 Å². The second kappa shape index (κ2) is 10.0. The average Bonchev–Trinajstić information content (AvgIpc) is 2.52. The van der Waals surface area contributed by atoms with E-state index in [1.165, 1.54) is 5.56 Å². The maximum absolute atomic E-state index is 5.01. The third-order valence-electron chi connectivity index (χ3n) is 3.27. The average molecular weight is 292 g/mol. The van der Waals surface area contributed by atoms with Crippen molar-refractivity contribution in [2.24, 2.45) is 4.99 Å². The Kier molecular flexibility index (Phi) is 8.28. The van der Waals surface area contributed by atoms with E-state index in [4.69, 9.17) is 4.74 Å². The Morgan fingerprint density at radius 3 is 2.57 bits per heavy atom. The molecule has 3 N–H and O–H groups in total. The molecule has 0 aliphatic carbocycles. The van der Waals surface area contributed by atoms with Crippen LogP contribution in [0.15, 0.2) is 29.3 Å². The fraction of sp³-hybridized carbons (Fsp3) is 0.562. The number of aliphatic imine (C=N–C) groups is 1. The highest BCUT2D eigenvalue weighted by molar-refractivity contribution is 5.79. The van der Waals surface area contributed by atoms with Gasteiger partial charge in [-0.15, -0.1) is 0 Å². The van der Waals surface area contributed by atoms with Gasteiger partial charge in [-0.05, 0) is 31.0 Å². The van der Waals surface area contributed by atoms with Crippen LogP contribution in [0.1, 0.15) is 25.8 Å². The highest BCUT2D eigenvalue weighted by Crippen LogP contribution is 2.09. The van der Waals surface area contributed by atoms with Crippen molar-refractivity contribution in [2.45, 2.75) is 32.9 Å². The number of rotatable bonds is 8.